The summed E-state index contributed by atoms with van der Waals surface area (Å²) in [6.07, 6.45) is 0. The van der Waals surface area contributed by atoms with Gasteiger partial charge < -0.3 is 19.9 Å². The topological polar surface area (TPSA) is 106 Å². The third-order valence-electron chi connectivity index (χ3n) is 4.80. The van der Waals surface area contributed by atoms with Crippen LogP contribution in [0.15, 0.2) is 58.4 Å². The second-order valence-electron chi connectivity index (χ2n) is 6.36. The van der Waals surface area contributed by atoms with Gasteiger partial charge in [0.15, 0.2) is 11.5 Å². The van der Waals surface area contributed by atoms with E-state index in [1.54, 1.807) is 0 Å². The van der Waals surface area contributed by atoms with E-state index in [2.05, 4.69) is 32.2 Å². The van der Waals surface area contributed by atoms with E-state index < -0.39 is 5.92 Å². The fraction of sp³-hybridized carbons (Fsp3) is 0.100. The number of allylic oxidation sites excluding steroid dienone is 1. The third-order valence-corrected chi connectivity index (χ3v) is 5.33. The molecular weight excluding hydrogens is 424 g/mol. The molecule has 0 aliphatic carbocycles. The molecule has 0 radical (unpaired) electrons. The molecule has 0 fully saturated rings. The Morgan fingerprint density at radius 1 is 1.14 bits per heavy atom. The third kappa shape index (κ3) is 2.52. The molecule has 0 saturated carbocycles. The number of nitrogens with zero attached hydrogens (tertiary/aromatic N) is 2. The summed E-state index contributed by atoms with van der Waals surface area (Å²) >= 11 is 3.45. The molecule has 1 aromatic heterocycles. The minimum Gasteiger partial charge on any atom is -0.454 e. The molecule has 3 N–H and O–H groups in total. The number of rotatable bonds is 2. The van der Waals surface area contributed by atoms with Crippen LogP contribution in [0.4, 0.5) is 0 Å². The van der Waals surface area contributed by atoms with Crippen LogP contribution < -0.4 is 19.9 Å². The van der Waals surface area contributed by atoms with E-state index in [-0.39, 0.29) is 12.7 Å². The highest BCUT2D eigenvalue weighted by atomic mass is 79.9. The molecule has 3 heterocycles. The van der Waals surface area contributed by atoms with E-state index in [0.29, 0.717) is 23.0 Å². The Morgan fingerprint density at radius 2 is 1.93 bits per heavy atom. The summed E-state index contributed by atoms with van der Waals surface area (Å²) in [4.78, 5) is 0. The zero-order valence-electron chi connectivity index (χ0n) is 14.4. The maximum Gasteiger partial charge on any atom is 0.244 e. The molecule has 138 valence electrons. The van der Waals surface area contributed by atoms with E-state index in [4.69, 9.17) is 19.9 Å². The number of fused-ring (bicyclic) bond motifs is 2. The van der Waals surface area contributed by atoms with E-state index >= 15 is 0 Å². The van der Waals surface area contributed by atoms with Crippen LogP contribution in [0.3, 0.4) is 0 Å². The van der Waals surface area contributed by atoms with Crippen LogP contribution in [0, 0.1) is 11.3 Å². The first kappa shape index (κ1) is 16.7. The Kier molecular flexibility index (Phi) is 3.77. The first-order valence-corrected chi connectivity index (χ1v) is 9.26. The second-order valence-corrected chi connectivity index (χ2v) is 7.28. The maximum atomic E-state index is 9.79. The maximum absolute atomic E-state index is 9.79. The van der Waals surface area contributed by atoms with Crippen molar-refractivity contribution in [1.29, 1.82) is 5.26 Å². The highest BCUT2D eigenvalue weighted by molar-refractivity contribution is 9.10. The number of nitrogens with two attached hydrogens (primary N) is 1. The number of aromatic amines is 1. The molecule has 2 aliphatic heterocycles. The molecule has 7 nitrogen and oxygen atoms in total. The molecule has 2 aromatic carbocycles. The van der Waals surface area contributed by atoms with Gasteiger partial charge in [-0.2, -0.15) is 5.26 Å². The Morgan fingerprint density at radius 3 is 2.71 bits per heavy atom. The SMILES string of the molecule is N#CC1=C(N)Oc2n[nH]c(-c3ccc(Br)cc3)c2[C@@H]1c1ccc2c(c1)OCO2. The van der Waals surface area contributed by atoms with Gasteiger partial charge in [0, 0.05) is 10.0 Å². The predicted molar refractivity (Wildman–Crippen MR) is 104 cm³/mol. The molecule has 8 heteroatoms. The van der Waals surface area contributed by atoms with Crippen molar-refractivity contribution in [3.8, 4) is 34.7 Å². The molecule has 5 rings (SSSR count). The van der Waals surface area contributed by atoms with Crippen LogP contribution in [0.25, 0.3) is 11.3 Å². The zero-order valence-corrected chi connectivity index (χ0v) is 16.0. The number of hydrogen-bond acceptors (Lipinski definition) is 6. The fourth-order valence-electron chi connectivity index (χ4n) is 3.51. The van der Waals surface area contributed by atoms with Gasteiger partial charge in [-0.05, 0) is 29.8 Å². The van der Waals surface area contributed by atoms with E-state index in [1.807, 2.05) is 42.5 Å². The number of ether oxygens (including phenoxy) is 3. The summed E-state index contributed by atoms with van der Waals surface area (Å²) in [5, 5.41) is 17.1. The quantitative estimate of drug-likeness (QED) is 0.632. The lowest BCUT2D eigenvalue weighted by Gasteiger charge is -2.24. The van der Waals surface area contributed by atoms with Gasteiger partial charge >= 0.3 is 0 Å². The van der Waals surface area contributed by atoms with Gasteiger partial charge in [0.1, 0.15) is 11.6 Å². The molecule has 0 amide bonds. The summed E-state index contributed by atoms with van der Waals surface area (Å²) in [6.45, 7) is 0.177. The summed E-state index contributed by atoms with van der Waals surface area (Å²) in [7, 11) is 0. The van der Waals surface area contributed by atoms with E-state index in [1.165, 1.54) is 0 Å². The number of hydrogen-bond donors (Lipinski definition) is 2. The molecule has 1 atom stereocenters. The standard InChI is InChI=1S/C20H13BrN4O3/c21-12-4-1-10(2-5-12)18-17-16(11-3-6-14-15(7-11)27-9-26-14)13(8-22)19(23)28-20(17)25-24-18/h1-7,16H,9,23H2,(H,24,25)/t16-/m1/s1. The first-order valence-electron chi connectivity index (χ1n) is 8.47. The Hall–Kier alpha value is -3.44. The molecule has 0 bridgehead atoms. The average Bonchev–Trinajstić information content (AvgIpc) is 3.33. The largest absolute Gasteiger partial charge is 0.454 e. The van der Waals surface area contributed by atoms with Crippen molar-refractivity contribution in [1.82, 2.24) is 10.2 Å². The van der Waals surface area contributed by atoms with Crippen LogP contribution >= 0.6 is 15.9 Å². The Labute approximate surface area is 168 Å². The predicted octanol–water partition coefficient (Wildman–Crippen LogP) is 3.79. The van der Waals surface area contributed by atoms with Gasteiger partial charge in [0.05, 0.1) is 17.2 Å². The normalized spacial score (nSPS) is 17.1. The highest BCUT2D eigenvalue weighted by Gasteiger charge is 2.36. The van der Waals surface area contributed by atoms with Crippen molar-refractivity contribution < 1.29 is 14.2 Å². The summed E-state index contributed by atoms with van der Waals surface area (Å²) in [5.74, 6) is 1.27. The minimum atomic E-state index is -0.444. The number of benzene rings is 2. The molecule has 0 unspecified atom stereocenters. The van der Waals surface area contributed by atoms with Crippen molar-refractivity contribution in [3.05, 3.63) is 69.5 Å². The minimum absolute atomic E-state index is 0.0477. The zero-order chi connectivity index (χ0) is 19.3. The molecule has 28 heavy (non-hydrogen) atoms. The van der Waals surface area contributed by atoms with Crippen molar-refractivity contribution in [2.75, 3.05) is 6.79 Å². The van der Waals surface area contributed by atoms with Crippen LogP contribution in [-0.4, -0.2) is 17.0 Å². The summed E-state index contributed by atoms with van der Waals surface area (Å²) in [6, 6.07) is 15.6. The number of nitrogens with one attached hydrogen (secondary N) is 1. The molecule has 0 spiro atoms. The van der Waals surface area contributed by atoms with Crippen molar-refractivity contribution >= 4 is 15.9 Å². The van der Waals surface area contributed by atoms with Gasteiger partial charge in [-0.1, -0.05) is 34.1 Å². The Balaban J connectivity index is 1.71. The van der Waals surface area contributed by atoms with Gasteiger partial charge in [0.25, 0.3) is 0 Å². The lowest BCUT2D eigenvalue weighted by molar-refractivity contribution is 0.174. The smallest absolute Gasteiger partial charge is 0.244 e. The number of nitriles is 1. The van der Waals surface area contributed by atoms with Gasteiger partial charge in [-0.15, -0.1) is 5.10 Å². The van der Waals surface area contributed by atoms with Crippen LogP contribution in [0.1, 0.15) is 17.0 Å². The summed E-state index contributed by atoms with van der Waals surface area (Å²) < 4.78 is 17.5. The van der Waals surface area contributed by atoms with Crippen LogP contribution in [-0.2, 0) is 0 Å². The molecule has 0 saturated heterocycles. The van der Waals surface area contributed by atoms with Crippen LogP contribution in [0.2, 0.25) is 0 Å². The number of H-pyrrole nitrogens is 1. The lowest BCUT2D eigenvalue weighted by atomic mass is 9.83. The van der Waals surface area contributed by atoms with Crippen molar-refractivity contribution in [2.45, 2.75) is 5.92 Å². The second kappa shape index (κ2) is 6.32. The van der Waals surface area contributed by atoms with Crippen molar-refractivity contribution in [3.63, 3.8) is 0 Å². The molecule has 3 aromatic rings. The van der Waals surface area contributed by atoms with Crippen LogP contribution in [0.5, 0.6) is 17.4 Å². The van der Waals surface area contributed by atoms with Gasteiger partial charge in [-0.25, -0.2) is 0 Å². The Bertz CT molecular complexity index is 1160. The number of aromatic nitrogens is 2. The molecule has 2 aliphatic rings. The first-order chi connectivity index (χ1) is 13.7. The highest BCUT2D eigenvalue weighted by Crippen LogP contribution is 2.47. The molecular formula is C20H13BrN4O3. The fourth-order valence-corrected chi connectivity index (χ4v) is 3.77. The van der Waals surface area contributed by atoms with E-state index in [9.17, 15) is 5.26 Å². The van der Waals surface area contributed by atoms with E-state index in [0.717, 1.165) is 26.9 Å². The lowest BCUT2D eigenvalue weighted by Crippen LogP contribution is -2.21. The van der Waals surface area contributed by atoms with Gasteiger partial charge in [0.2, 0.25) is 18.6 Å². The van der Waals surface area contributed by atoms with Gasteiger partial charge in [-0.3, -0.25) is 5.10 Å². The monoisotopic (exact) mass is 436 g/mol. The number of halogens is 1. The summed E-state index contributed by atoms with van der Waals surface area (Å²) in [5.41, 5.74) is 9.64. The average molecular weight is 437 g/mol. The van der Waals surface area contributed by atoms with Crippen molar-refractivity contribution in [2.24, 2.45) is 5.73 Å².